The van der Waals surface area contributed by atoms with E-state index < -0.39 is 5.92 Å². The van der Waals surface area contributed by atoms with Crippen LogP contribution in [0.5, 0.6) is 0 Å². The van der Waals surface area contributed by atoms with Crippen molar-refractivity contribution in [3.63, 3.8) is 0 Å². The third kappa shape index (κ3) is 4.04. The average Bonchev–Trinajstić information content (AvgIpc) is 3.14. The van der Waals surface area contributed by atoms with Crippen molar-refractivity contribution in [1.29, 1.82) is 0 Å². The molecule has 6 heteroatoms. The highest BCUT2D eigenvalue weighted by molar-refractivity contribution is 7.22. The molecular formula is C27H27N3O2S. The van der Waals surface area contributed by atoms with Gasteiger partial charge in [0.25, 0.3) is 5.91 Å². The van der Waals surface area contributed by atoms with Crippen LogP contribution in [0.25, 0.3) is 10.2 Å². The predicted octanol–water partition coefficient (Wildman–Crippen LogP) is 6.06. The molecule has 2 heterocycles. The first kappa shape index (κ1) is 21.7. The Hall–Kier alpha value is -3.12. The van der Waals surface area contributed by atoms with Crippen molar-refractivity contribution in [3.05, 3.63) is 70.9 Å². The lowest BCUT2D eigenvalue weighted by molar-refractivity contribution is -0.124. The van der Waals surface area contributed by atoms with Gasteiger partial charge in [-0.1, -0.05) is 67.1 Å². The van der Waals surface area contributed by atoms with Crippen LogP contribution in [0.15, 0.2) is 64.8 Å². The summed E-state index contributed by atoms with van der Waals surface area (Å²) in [5.41, 5.74) is 4.98. The normalized spacial score (nSPS) is 22.2. The van der Waals surface area contributed by atoms with Crippen molar-refractivity contribution in [2.24, 2.45) is 16.3 Å². The van der Waals surface area contributed by atoms with Crippen molar-refractivity contribution < 1.29 is 9.59 Å². The molecule has 0 radical (unpaired) electrons. The highest BCUT2D eigenvalue weighted by Crippen LogP contribution is 2.47. The van der Waals surface area contributed by atoms with Crippen LogP contribution in [0.4, 0.5) is 5.13 Å². The number of fused-ring (bicyclic) bond motifs is 2. The molecule has 0 saturated heterocycles. The number of carbonyl (C=O) groups is 2. The number of hydrogen-bond donors (Lipinski definition) is 1. The third-order valence-electron chi connectivity index (χ3n) is 6.56. The van der Waals surface area contributed by atoms with Crippen molar-refractivity contribution in [2.75, 3.05) is 5.32 Å². The van der Waals surface area contributed by atoms with Gasteiger partial charge in [0.2, 0.25) is 0 Å². The number of benzene rings is 2. The highest BCUT2D eigenvalue weighted by atomic mass is 32.1. The van der Waals surface area contributed by atoms with Gasteiger partial charge in [0.15, 0.2) is 5.13 Å². The molecule has 2 aromatic carbocycles. The molecule has 1 aliphatic carbocycles. The Bertz CT molecular complexity index is 1300. The smallest absolute Gasteiger partial charge is 0.255 e. The number of allylic oxidation sites excluding steroid dienone is 1. The molecule has 2 atom stereocenters. The molecule has 0 spiro atoms. The summed E-state index contributed by atoms with van der Waals surface area (Å²) in [7, 11) is 0. The number of ketones is 1. The summed E-state index contributed by atoms with van der Waals surface area (Å²) in [5.74, 6) is -0.831. The zero-order chi connectivity index (χ0) is 23.3. The van der Waals surface area contributed by atoms with Gasteiger partial charge < -0.3 is 0 Å². The van der Waals surface area contributed by atoms with Crippen molar-refractivity contribution in [1.82, 2.24) is 4.98 Å². The number of aliphatic imine (C=N–C) groups is 1. The average molecular weight is 458 g/mol. The zero-order valence-corrected chi connectivity index (χ0v) is 20.1. The van der Waals surface area contributed by atoms with Crippen LogP contribution in [-0.2, 0) is 9.59 Å². The van der Waals surface area contributed by atoms with Crippen molar-refractivity contribution >= 4 is 44.1 Å². The van der Waals surface area contributed by atoms with Gasteiger partial charge in [0.05, 0.1) is 16.1 Å². The van der Waals surface area contributed by atoms with Gasteiger partial charge in [0, 0.05) is 29.3 Å². The van der Waals surface area contributed by atoms with Crippen LogP contribution in [0.2, 0.25) is 0 Å². The molecule has 1 aromatic heterocycles. The number of nitrogens with zero attached hydrogens (tertiary/aromatic N) is 2. The lowest BCUT2D eigenvalue weighted by Gasteiger charge is -2.41. The summed E-state index contributed by atoms with van der Waals surface area (Å²) >= 11 is 1.44. The van der Waals surface area contributed by atoms with Gasteiger partial charge in [-0.2, -0.15) is 0 Å². The lowest BCUT2D eigenvalue weighted by Crippen LogP contribution is -2.44. The minimum absolute atomic E-state index is 0.120. The van der Waals surface area contributed by atoms with E-state index in [1.54, 1.807) is 0 Å². The van der Waals surface area contributed by atoms with E-state index in [1.165, 1.54) is 11.3 Å². The Morgan fingerprint density at radius 2 is 1.76 bits per heavy atom. The maximum Gasteiger partial charge on any atom is 0.255 e. The van der Waals surface area contributed by atoms with Crippen molar-refractivity contribution in [3.8, 4) is 0 Å². The minimum atomic E-state index is -0.402. The molecule has 1 unspecified atom stereocenters. The third-order valence-corrected chi connectivity index (χ3v) is 7.51. The fraction of sp³-hybridized carbons (Fsp3) is 0.333. The number of carbonyl (C=O) groups excluding carboxylic acids is 2. The number of nitrogens with one attached hydrogen (secondary N) is 1. The second-order valence-electron chi connectivity index (χ2n) is 9.89. The molecule has 0 bridgehead atoms. The Labute approximate surface area is 197 Å². The van der Waals surface area contributed by atoms with E-state index >= 15 is 0 Å². The standard InChI is InChI=1S/C27H27N3O2S/c1-15-9-11-17(12-10-15)23-22(16(2)28-19-13-27(3,4)14-20(31)24(19)23)25(32)30-26-29-18-7-5-6-8-21(18)33-26/h5-12,23-24H,13-14H2,1-4H3,(H,29,30,32)/t23-,24?/m1/s1. The minimum Gasteiger partial charge on any atom is -0.299 e. The fourth-order valence-electron chi connectivity index (χ4n) is 5.11. The van der Waals surface area contributed by atoms with E-state index in [2.05, 4.69) is 24.1 Å². The molecule has 1 fully saturated rings. The van der Waals surface area contributed by atoms with E-state index in [9.17, 15) is 9.59 Å². The molecule has 1 N–H and O–H groups in total. The van der Waals surface area contributed by atoms with Gasteiger partial charge in [0.1, 0.15) is 5.78 Å². The van der Waals surface area contributed by atoms with Crippen LogP contribution >= 0.6 is 11.3 Å². The maximum absolute atomic E-state index is 13.6. The number of rotatable bonds is 3. The molecule has 1 amide bonds. The number of amides is 1. The molecule has 2 aliphatic rings. The monoisotopic (exact) mass is 457 g/mol. The summed E-state index contributed by atoms with van der Waals surface area (Å²) in [4.78, 5) is 36.4. The number of hydrogen-bond acceptors (Lipinski definition) is 5. The highest BCUT2D eigenvalue weighted by Gasteiger charge is 2.47. The Morgan fingerprint density at radius 3 is 2.48 bits per heavy atom. The van der Waals surface area contributed by atoms with Crippen LogP contribution in [0, 0.1) is 18.3 Å². The molecule has 1 aliphatic heterocycles. The van der Waals surface area contributed by atoms with Crippen LogP contribution in [0.1, 0.15) is 50.7 Å². The number of thiazole rings is 1. The molecule has 1 saturated carbocycles. The van der Waals surface area contributed by atoms with E-state index in [0.29, 0.717) is 22.8 Å². The number of Topliss-reactive ketones (excluding diaryl/α,β-unsaturated/α-hetero) is 1. The Morgan fingerprint density at radius 1 is 1.03 bits per heavy atom. The number of aryl methyl sites for hydroxylation is 1. The largest absolute Gasteiger partial charge is 0.299 e. The number of aromatic nitrogens is 1. The molecule has 3 aromatic rings. The van der Waals surface area contributed by atoms with Gasteiger partial charge in [-0.15, -0.1) is 0 Å². The quantitative estimate of drug-likeness (QED) is 0.519. The summed E-state index contributed by atoms with van der Waals surface area (Å²) < 4.78 is 1.02. The second-order valence-corrected chi connectivity index (χ2v) is 10.9. The Balaban J connectivity index is 1.58. The van der Waals surface area contributed by atoms with E-state index in [0.717, 1.165) is 33.5 Å². The van der Waals surface area contributed by atoms with E-state index in [1.807, 2.05) is 62.4 Å². The summed E-state index contributed by atoms with van der Waals surface area (Å²) in [5, 5.41) is 3.55. The first-order chi connectivity index (χ1) is 15.7. The predicted molar refractivity (Wildman–Crippen MR) is 134 cm³/mol. The first-order valence-corrected chi connectivity index (χ1v) is 12.1. The van der Waals surface area contributed by atoms with Gasteiger partial charge in [-0.05, 0) is 43.4 Å². The van der Waals surface area contributed by atoms with E-state index in [-0.39, 0.29) is 23.0 Å². The van der Waals surface area contributed by atoms with Gasteiger partial charge >= 0.3 is 0 Å². The molecular weight excluding hydrogens is 430 g/mol. The van der Waals surface area contributed by atoms with Gasteiger partial charge in [-0.25, -0.2) is 4.98 Å². The molecule has 33 heavy (non-hydrogen) atoms. The summed E-state index contributed by atoms with van der Waals surface area (Å²) in [6.07, 6.45) is 1.25. The first-order valence-electron chi connectivity index (χ1n) is 11.3. The SMILES string of the molecule is CC1=C(C(=O)Nc2nc3ccccc3s2)[C@@H](c2ccc(C)cc2)C2C(=O)CC(C)(C)CC2=N1. The number of para-hydroxylation sites is 1. The summed E-state index contributed by atoms with van der Waals surface area (Å²) in [6.45, 7) is 8.13. The maximum atomic E-state index is 13.6. The molecule has 168 valence electrons. The molecule has 5 rings (SSSR count). The molecule has 5 nitrogen and oxygen atoms in total. The lowest BCUT2D eigenvalue weighted by atomic mass is 9.63. The van der Waals surface area contributed by atoms with Crippen LogP contribution in [0.3, 0.4) is 0 Å². The topological polar surface area (TPSA) is 71.4 Å². The van der Waals surface area contributed by atoms with Crippen molar-refractivity contribution in [2.45, 2.75) is 46.5 Å². The fourth-order valence-corrected chi connectivity index (χ4v) is 5.97. The summed E-state index contributed by atoms with van der Waals surface area (Å²) in [6, 6.07) is 16.0. The second kappa shape index (κ2) is 8.03. The zero-order valence-electron chi connectivity index (χ0n) is 19.3. The van der Waals surface area contributed by atoms with E-state index in [4.69, 9.17) is 4.99 Å². The van der Waals surface area contributed by atoms with Crippen LogP contribution < -0.4 is 5.32 Å². The van der Waals surface area contributed by atoms with Crippen LogP contribution in [-0.4, -0.2) is 22.4 Å². The van der Waals surface area contributed by atoms with Gasteiger partial charge in [-0.3, -0.25) is 19.9 Å². The Kier molecular flexibility index (Phi) is 5.28. The number of anilines is 1.